The molecule has 4 amide bonds. The standard InChI is InChI=1S/C24H25N3O6/c1-13-8-7-9-14(2)20(13)26-19(28)12-25-21(29)16(4)33-24(32)15(3)27-22(30)17-10-5-6-11-18(17)23(27)31/h5-11,15-16H,12H2,1-4H3,(H,25,29)(H,26,28). The minimum absolute atomic E-state index is 0.211. The minimum Gasteiger partial charge on any atom is -0.451 e. The number of anilines is 1. The van der Waals surface area contributed by atoms with Crippen LogP contribution in [0.15, 0.2) is 42.5 Å². The summed E-state index contributed by atoms with van der Waals surface area (Å²) in [5.41, 5.74) is 2.87. The third-order valence-corrected chi connectivity index (χ3v) is 5.38. The molecule has 1 heterocycles. The number of esters is 1. The quantitative estimate of drug-likeness (QED) is 0.490. The van der Waals surface area contributed by atoms with Gasteiger partial charge in [-0.15, -0.1) is 0 Å². The van der Waals surface area contributed by atoms with Crippen LogP contribution in [0.5, 0.6) is 0 Å². The summed E-state index contributed by atoms with van der Waals surface area (Å²) in [4.78, 5) is 62.9. The van der Waals surface area contributed by atoms with Gasteiger partial charge in [-0.2, -0.15) is 0 Å². The van der Waals surface area contributed by atoms with Crippen LogP contribution in [0.3, 0.4) is 0 Å². The zero-order valence-electron chi connectivity index (χ0n) is 18.8. The number of hydrogen-bond acceptors (Lipinski definition) is 6. The summed E-state index contributed by atoms with van der Waals surface area (Å²) in [5.74, 6) is -3.22. The number of carbonyl (C=O) groups excluding carboxylic acids is 5. The summed E-state index contributed by atoms with van der Waals surface area (Å²) >= 11 is 0. The van der Waals surface area contributed by atoms with Crippen LogP contribution in [0.25, 0.3) is 0 Å². The number of carbonyl (C=O) groups is 5. The van der Waals surface area contributed by atoms with Crippen LogP contribution < -0.4 is 10.6 Å². The topological polar surface area (TPSA) is 122 Å². The molecular weight excluding hydrogens is 426 g/mol. The number of nitrogens with one attached hydrogen (secondary N) is 2. The lowest BCUT2D eigenvalue weighted by Crippen LogP contribution is -2.46. The van der Waals surface area contributed by atoms with Crippen molar-refractivity contribution >= 4 is 35.3 Å². The Bertz CT molecular complexity index is 1090. The first kappa shape index (κ1) is 23.6. The molecule has 2 atom stereocenters. The van der Waals surface area contributed by atoms with E-state index in [2.05, 4.69) is 10.6 Å². The molecule has 0 radical (unpaired) electrons. The van der Waals surface area contributed by atoms with E-state index >= 15 is 0 Å². The normalized spacial score (nSPS) is 14.4. The Morgan fingerprint density at radius 3 is 2.00 bits per heavy atom. The van der Waals surface area contributed by atoms with E-state index in [1.807, 2.05) is 32.0 Å². The van der Waals surface area contributed by atoms with Gasteiger partial charge in [-0.3, -0.25) is 24.1 Å². The van der Waals surface area contributed by atoms with Gasteiger partial charge in [0.05, 0.1) is 17.7 Å². The van der Waals surface area contributed by atoms with Gasteiger partial charge >= 0.3 is 5.97 Å². The second kappa shape index (κ2) is 9.64. The van der Waals surface area contributed by atoms with Crippen molar-refractivity contribution in [2.24, 2.45) is 0 Å². The van der Waals surface area contributed by atoms with Gasteiger partial charge in [0.1, 0.15) is 6.04 Å². The highest BCUT2D eigenvalue weighted by Gasteiger charge is 2.41. The fourth-order valence-corrected chi connectivity index (χ4v) is 3.50. The summed E-state index contributed by atoms with van der Waals surface area (Å²) in [6.45, 7) is 6.09. The van der Waals surface area contributed by atoms with Crippen molar-refractivity contribution in [2.75, 3.05) is 11.9 Å². The Morgan fingerprint density at radius 1 is 0.909 bits per heavy atom. The van der Waals surface area contributed by atoms with E-state index < -0.39 is 41.7 Å². The van der Waals surface area contributed by atoms with E-state index in [-0.39, 0.29) is 17.7 Å². The Labute approximate surface area is 191 Å². The maximum atomic E-state index is 12.5. The number of rotatable bonds is 7. The number of ether oxygens (including phenoxy) is 1. The molecule has 0 saturated carbocycles. The van der Waals surface area contributed by atoms with Gasteiger partial charge in [-0.25, -0.2) is 4.79 Å². The Morgan fingerprint density at radius 2 is 1.45 bits per heavy atom. The zero-order valence-corrected chi connectivity index (χ0v) is 18.8. The molecule has 2 N–H and O–H groups in total. The highest BCUT2D eigenvalue weighted by atomic mass is 16.5. The molecule has 0 spiro atoms. The van der Waals surface area contributed by atoms with Crippen LogP contribution in [-0.4, -0.2) is 53.2 Å². The van der Waals surface area contributed by atoms with Crippen LogP contribution in [0, 0.1) is 13.8 Å². The van der Waals surface area contributed by atoms with Crippen molar-refractivity contribution in [3.05, 3.63) is 64.7 Å². The molecule has 172 valence electrons. The average molecular weight is 451 g/mol. The summed E-state index contributed by atoms with van der Waals surface area (Å²) in [6, 6.07) is 10.6. The lowest BCUT2D eigenvalue weighted by Gasteiger charge is -2.22. The van der Waals surface area contributed by atoms with Crippen molar-refractivity contribution in [1.29, 1.82) is 0 Å². The molecule has 9 nitrogen and oxygen atoms in total. The van der Waals surface area contributed by atoms with E-state index in [0.29, 0.717) is 5.69 Å². The summed E-state index contributed by atoms with van der Waals surface area (Å²) in [5, 5.41) is 5.16. The van der Waals surface area contributed by atoms with Gasteiger partial charge in [0.15, 0.2) is 6.10 Å². The first-order chi connectivity index (χ1) is 15.6. The van der Waals surface area contributed by atoms with Crippen LogP contribution in [0.4, 0.5) is 5.69 Å². The van der Waals surface area contributed by atoms with Gasteiger partial charge in [0.2, 0.25) is 5.91 Å². The Kier molecular flexibility index (Phi) is 6.91. The molecule has 2 aromatic rings. The highest BCUT2D eigenvalue weighted by Crippen LogP contribution is 2.25. The Balaban J connectivity index is 1.53. The molecule has 0 aliphatic carbocycles. The van der Waals surface area contributed by atoms with Crippen LogP contribution in [0.1, 0.15) is 45.7 Å². The molecule has 0 aromatic heterocycles. The molecule has 0 bridgehead atoms. The molecule has 1 aliphatic rings. The second-order valence-electron chi connectivity index (χ2n) is 7.81. The number of amides is 4. The van der Waals surface area contributed by atoms with E-state index in [4.69, 9.17) is 4.74 Å². The summed E-state index contributed by atoms with van der Waals surface area (Å²) < 4.78 is 5.14. The van der Waals surface area contributed by atoms with Crippen LogP contribution >= 0.6 is 0 Å². The lowest BCUT2D eigenvalue weighted by molar-refractivity contribution is -0.158. The minimum atomic E-state index is -1.23. The maximum absolute atomic E-state index is 12.5. The Hall–Kier alpha value is -4.01. The van der Waals surface area contributed by atoms with Gasteiger partial charge in [-0.1, -0.05) is 30.3 Å². The maximum Gasteiger partial charge on any atom is 0.329 e. The number of benzene rings is 2. The van der Waals surface area contributed by atoms with Gasteiger partial charge in [0, 0.05) is 5.69 Å². The van der Waals surface area contributed by atoms with Crippen molar-refractivity contribution in [3.63, 3.8) is 0 Å². The SMILES string of the molecule is Cc1cccc(C)c1NC(=O)CNC(=O)C(C)OC(=O)C(C)N1C(=O)c2ccccc2C1=O. The number of aryl methyl sites for hydroxylation is 2. The number of nitrogens with zero attached hydrogens (tertiary/aromatic N) is 1. The van der Waals surface area contributed by atoms with E-state index in [0.717, 1.165) is 16.0 Å². The summed E-state index contributed by atoms with van der Waals surface area (Å²) in [6.07, 6.45) is -1.23. The van der Waals surface area contributed by atoms with Crippen molar-refractivity contribution in [1.82, 2.24) is 10.2 Å². The molecular formula is C24H25N3O6. The van der Waals surface area contributed by atoms with Gasteiger partial charge in [-0.05, 0) is 51.0 Å². The fraction of sp³-hybridized carbons (Fsp3) is 0.292. The van der Waals surface area contributed by atoms with Gasteiger partial charge < -0.3 is 15.4 Å². The third-order valence-electron chi connectivity index (χ3n) is 5.38. The summed E-state index contributed by atoms with van der Waals surface area (Å²) in [7, 11) is 0. The number of para-hydroxylation sites is 1. The second-order valence-corrected chi connectivity index (χ2v) is 7.81. The largest absolute Gasteiger partial charge is 0.451 e. The fourth-order valence-electron chi connectivity index (χ4n) is 3.50. The number of hydrogen-bond donors (Lipinski definition) is 2. The smallest absolute Gasteiger partial charge is 0.329 e. The zero-order chi connectivity index (χ0) is 24.3. The van der Waals surface area contributed by atoms with Crippen LogP contribution in [-0.2, 0) is 19.1 Å². The first-order valence-electron chi connectivity index (χ1n) is 10.4. The average Bonchev–Trinajstić information content (AvgIpc) is 3.04. The van der Waals surface area contributed by atoms with Crippen molar-refractivity contribution in [2.45, 2.75) is 39.8 Å². The predicted octanol–water partition coefficient (Wildman–Crippen LogP) is 1.97. The lowest BCUT2D eigenvalue weighted by atomic mass is 10.1. The molecule has 33 heavy (non-hydrogen) atoms. The molecule has 3 rings (SSSR count). The molecule has 9 heteroatoms. The molecule has 0 saturated heterocycles. The molecule has 2 aromatic carbocycles. The first-order valence-corrected chi connectivity index (χ1v) is 10.4. The number of fused-ring (bicyclic) bond motifs is 1. The third kappa shape index (κ3) is 4.92. The molecule has 2 unspecified atom stereocenters. The van der Waals surface area contributed by atoms with E-state index in [1.54, 1.807) is 12.1 Å². The van der Waals surface area contributed by atoms with Crippen molar-refractivity contribution < 1.29 is 28.7 Å². The van der Waals surface area contributed by atoms with E-state index in [9.17, 15) is 24.0 Å². The van der Waals surface area contributed by atoms with Crippen LogP contribution in [0.2, 0.25) is 0 Å². The molecule has 1 aliphatic heterocycles. The monoisotopic (exact) mass is 451 g/mol. The van der Waals surface area contributed by atoms with Gasteiger partial charge in [0.25, 0.3) is 17.7 Å². The number of imide groups is 1. The van der Waals surface area contributed by atoms with Crippen molar-refractivity contribution in [3.8, 4) is 0 Å². The predicted molar refractivity (Wildman–Crippen MR) is 120 cm³/mol. The molecule has 0 fully saturated rings. The van der Waals surface area contributed by atoms with E-state index in [1.165, 1.54) is 26.0 Å². The highest BCUT2D eigenvalue weighted by molar-refractivity contribution is 6.22.